The predicted molar refractivity (Wildman–Crippen MR) is 140 cm³/mol. The monoisotopic (exact) mass is 482 g/mol. The number of hydrogen-bond acceptors (Lipinski definition) is 3. The highest BCUT2D eigenvalue weighted by Gasteiger charge is 2.18. The fraction of sp³-hybridized carbons (Fsp3) is 0.379. The Hall–Kier alpha value is -2.42. The molecule has 0 saturated heterocycles. The number of aromatic hydroxyl groups is 1. The van der Waals surface area contributed by atoms with Gasteiger partial charge in [0.2, 0.25) is 0 Å². The van der Waals surface area contributed by atoms with E-state index in [1.54, 1.807) is 0 Å². The van der Waals surface area contributed by atoms with Crippen molar-refractivity contribution in [2.24, 2.45) is 5.41 Å². The molecule has 0 aromatic heterocycles. The number of rotatable bonds is 10. The van der Waals surface area contributed by atoms with E-state index < -0.39 is 0 Å². The highest BCUT2D eigenvalue weighted by molar-refractivity contribution is 7.51. The van der Waals surface area contributed by atoms with E-state index in [0.29, 0.717) is 12.2 Å². The van der Waals surface area contributed by atoms with Gasteiger partial charge < -0.3 is 14.4 Å². The first kappa shape index (κ1) is 26.2. The molecule has 0 saturated carbocycles. The van der Waals surface area contributed by atoms with Crippen LogP contribution in [0, 0.1) is 11.2 Å². The highest BCUT2D eigenvalue weighted by Crippen LogP contribution is 2.34. The molecule has 182 valence electrons. The first-order valence-corrected chi connectivity index (χ1v) is 13.7. The van der Waals surface area contributed by atoms with Gasteiger partial charge in [-0.05, 0) is 90.6 Å². The number of ether oxygens (including phenoxy) is 1. The van der Waals surface area contributed by atoms with Gasteiger partial charge in [-0.15, -0.1) is 0 Å². The summed E-state index contributed by atoms with van der Waals surface area (Å²) >= 11 is 0. The van der Waals surface area contributed by atoms with E-state index in [0.717, 1.165) is 48.1 Å². The molecule has 3 nitrogen and oxygen atoms in total. The van der Waals surface area contributed by atoms with Crippen LogP contribution in [0.1, 0.15) is 44.4 Å². The van der Waals surface area contributed by atoms with Crippen molar-refractivity contribution in [2.45, 2.75) is 47.1 Å². The Morgan fingerprint density at radius 3 is 2.47 bits per heavy atom. The molecule has 5 heteroatoms. The highest BCUT2D eigenvalue weighted by atomic mass is 31.1. The van der Waals surface area contributed by atoms with E-state index >= 15 is 0 Å². The van der Waals surface area contributed by atoms with Crippen molar-refractivity contribution in [3.8, 4) is 22.6 Å². The van der Waals surface area contributed by atoms with Crippen molar-refractivity contribution in [2.75, 3.05) is 19.4 Å². The Bertz CT molecular complexity index is 1090. The Morgan fingerprint density at radius 1 is 0.941 bits per heavy atom. The second-order valence-corrected chi connectivity index (χ2v) is 11.8. The minimum atomic E-state index is -0.384. The Labute approximate surface area is 204 Å². The van der Waals surface area contributed by atoms with Crippen LogP contribution in [0.2, 0.25) is 0 Å². The number of halogens is 1. The van der Waals surface area contributed by atoms with Gasteiger partial charge in [-0.3, -0.25) is 0 Å². The summed E-state index contributed by atoms with van der Waals surface area (Å²) in [7, 11) is -0.384. The minimum absolute atomic E-state index is 0.0238. The summed E-state index contributed by atoms with van der Waals surface area (Å²) in [6.07, 6.45) is 2.79. The van der Waals surface area contributed by atoms with Crippen LogP contribution >= 0.6 is 8.15 Å². The van der Waals surface area contributed by atoms with Gasteiger partial charge in [0.25, 0.3) is 0 Å². The molecule has 0 fully saturated rings. The topological polar surface area (TPSA) is 38.7 Å². The summed E-state index contributed by atoms with van der Waals surface area (Å²) in [5, 5.41) is 9.91. The van der Waals surface area contributed by atoms with Gasteiger partial charge in [-0.1, -0.05) is 51.1 Å². The zero-order valence-electron chi connectivity index (χ0n) is 20.9. The predicted octanol–water partition coefficient (Wildman–Crippen LogP) is 7.97. The van der Waals surface area contributed by atoms with Crippen LogP contribution in [0.5, 0.6) is 11.5 Å². The minimum Gasteiger partial charge on any atom is -0.508 e. The van der Waals surface area contributed by atoms with Crippen LogP contribution < -0.4 is 4.74 Å². The first-order chi connectivity index (χ1) is 16.1. The van der Waals surface area contributed by atoms with Crippen LogP contribution in [0.15, 0.2) is 60.7 Å². The van der Waals surface area contributed by atoms with E-state index in [-0.39, 0.29) is 25.1 Å². The Morgan fingerprint density at radius 2 is 1.74 bits per heavy atom. The van der Waals surface area contributed by atoms with Gasteiger partial charge >= 0.3 is 0 Å². The number of benzene rings is 3. The first-order valence-electron chi connectivity index (χ1n) is 11.8. The van der Waals surface area contributed by atoms with Gasteiger partial charge in [0, 0.05) is 20.3 Å². The summed E-state index contributed by atoms with van der Waals surface area (Å²) in [5.74, 6) is 0.561. The fourth-order valence-corrected chi connectivity index (χ4v) is 5.11. The van der Waals surface area contributed by atoms with Crippen molar-refractivity contribution in [1.82, 2.24) is 0 Å². The molecule has 0 aliphatic carbocycles. The standard InChI is InChI=1S/C29H36FO3P/c1-6-33-34(5)15-14-21-8-7-9-25(17-21)32-20-22-10-12-26(23(16-22)19-29(2,3)4)27-18-24(31)11-13-28(27)30/h7-13,16-18,31H,6,14-15,19-20H2,1-5H3. The third kappa shape index (κ3) is 7.82. The molecule has 0 aliphatic rings. The van der Waals surface area contributed by atoms with Crippen LogP contribution in [0.3, 0.4) is 0 Å². The maximum atomic E-state index is 14.6. The lowest BCUT2D eigenvalue weighted by atomic mass is 9.84. The number of aryl methyl sites for hydroxylation is 1. The summed E-state index contributed by atoms with van der Waals surface area (Å²) in [4.78, 5) is 0. The molecule has 3 aromatic carbocycles. The molecule has 0 spiro atoms. The molecule has 1 unspecified atom stereocenters. The molecule has 3 aromatic rings. The number of phenols is 1. The molecule has 3 rings (SSSR count). The van der Waals surface area contributed by atoms with Crippen LogP contribution in [0.4, 0.5) is 4.39 Å². The zero-order chi connectivity index (χ0) is 24.7. The van der Waals surface area contributed by atoms with Crippen molar-refractivity contribution in [1.29, 1.82) is 0 Å². The molecule has 0 radical (unpaired) electrons. The third-order valence-electron chi connectivity index (χ3n) is 5.50. The number of hydrogen-bond donors (Lipinski definition) is 1. The van der Waals surface area contributed by atoms with Gasteiger partial charge in [-0.25, -0.2) is 4.39 Å². The van der Waals surface area contributed by atoms with E-state index in [2.05, 4.69) is 45.6 Å². The summed E-state index contributed by atoms with van der Waals surface area (Å²) in [6, 6.07) is 18.4. The van der Waals surface area contributed by atoms with E-state index in [1.165, 1.54) is 23.8 Å². The molecule has 0 heterocycles. The Balaban J connectivity index is 1.77. The van der Waals surface area contributed by atoms with E-state index in [9.17, 15) is 9.50 Å². The third-order valence-corrected chi connectivity index (χ3v) is 7.05. The Kier molecular flexibility index (Phi) is 9.10. The zero-order valence-corrected chi connectivity index (χ0v) is 21.8. The van der Waals surface area contributed by atoms with Crippen LogP contribution in [0.25, 0.3) is 11.1 Å². The second-order valence-electron chi connectivity index (χ2n) is 9.85. The average Bonchev–Trinajstić information content (AvgIpc) is 2.78. The van der Waals surface area contributed by atoms with Crippen molar-refractivity contribution < 1.29 is 18.8 Å². The molecular weight excluding hydrogens is 446 g/mol. The van der Waals surface area contributed by atoms with Crippen molar-refractivity contribution >= 4 is 8.15 Å². The van der Waals surface area contributed by atoms with E-state index in [1.807, 2.05) is 31.2 Å². The molecule has 0 amide bonds. The van der Waals surface area contributed by atoms with Crippen LogP contribution in [-0.4, -0.2) is 24.5 Å². The van der Waals surface area contributed by atoms with E-state index in [4.69, 9.17) is 9.26 Å². The summed E-state index contributed by atoms with van der Waals surface area (Å²) < 4.78 is 26.4. The number of phenolic OH excluding ortho intramolecular Hbond substituents is 1. The normalized spacial score (nSPS) is 12.5. The molecule has 34 heavy (non-hydrogen) atoms. The lowest BCUT2D eigenvalue weighted by molar-refractivity contribution is 0.305. The smallest absolute Gasteiger partial charge is 0.131 e. The quantitative estimate of drug-likeness (QED) is 0.298. The summed E-state index contributed by atoms with van der Waals surface area (Å²) in [6.45, 7) is 11.9. The van der Waals surface area contributed by atoms with Gasteiger partial charge in [-0.2, -0.15) is 0 Å². The molecule has 0 aliphatic heterocycles. The molecule has 1 atom stereocenters. The maximum absolute atomic E-state index is 14.6. The van der Waals surface area contributed by atoms with Crippen molar-refractivity contribution in [3.63, 3.8) is 0 Å². The van der Waals surface area contributed by atoms with Gasteiger partial charge in [0.05, 0.1) is 0 Å². The maximum Gasteiger partial charge on any atom is 0.131 e. The van der Waals surface area contributed by atoms with Gasteiger partial charge in [0.15, 0.2) is 0 Å². The lowest BCUT2D eigenvalue weighted by Crippen LogP contribution is -2.11. The second kappa shape index (κ2) is 11.8. The average molecular weight is 483 g/mol. The SMILES string of the molecule is CCOP(C)CCc1cccc(OCc2ccc(-c3cc(O)ccc3F)c(CC(C)(C)C)c2)c1. The molecule has 1 N–H and O–H groups in total. The van der Waals surface area contributed by atoms with Crippen molar-refractivity contribution in [3.05, 3.63) is 83.2 Å². The molecule has 0 bridgehead atoms. The van der Waals surface area contributed by atoms with Crippen LogP contribution in [-0.2, 0) is 24.0 Å². The van der Waals surface area contributed by atoms with Gasteiger partial charge in [0.1, 0.15) is 23.9 Å². The fourth-order valence-electron chi connectivity index (χ4n) is 3.97. The molecular formula is C29H36FO3P. The lowest BCUT2D eigenvalue weighted by Gasteiger charge is -2.22. The largest absolute Gasteiger partial charge is 0.508 e. The summed E-state index contributed by atoms with van der Waals surface area (Å²) in [5.41, 5.74) is 4.56.